The molecule has 0 spiro atoms. The monoisotopic (exact) mass is 482 g/mol. The second-order valence-electron chi connectivity index (χ2n) is 9.45. The fraction of sp³-hybridized carbons (Fsp3) is 0.536. The van der Waals surface area contributed by atoms with Gasteiger partial charge in [0.15, 0.2) is 23.0 Å². The Labute approximate surface area is 208 Å². The van der Waals surface area contributed by atoms with E-state index in [1.165, 1.54) is 11.1 Å². The van der Waals surface area contributed by atoms with Crippen LogP contribution >= 0.6 is 0 Å². The van der Waals surface area contributed by atoms with Crippen LogP contribution in [0.15, 0.2) is 30.3 Å². The highest BCUT2D eigenvalue weighted by Gasteiger charge is 2.34. The lowest BCUT2D eigenvalue weighted by molar-refractivity contribution is -0.135. The van der Waals surface area contributed by atoms with Gasteiger partial charge < -0.3 is 28.7 Å². The zero-order valence-electron chi connectivity index (χ0n) is 21.6. The normalized spacial score (nSPS) is 20.7. The number of hydrogen-bond acceptors (Lipinski definition) is 6. The Bertz CT molecular complexity index is 1040. The maximum absolute atomic E-state index is 13.6. The van der Waals surface area contributed by atoms with Crippen molar-refractivity contribution in [2.45, 2.75) is 44.6 Å². The zero-order chi connectivity index (χ0) is 24.9. The fourth-order valence-electron chi connectivity index (χ4n) is 5.46. The minimum atomic E-state index is -0.200. The van der Waals surface area contributed by atoms with Gasteiger partial charge in [-0.2, -0.15) is 0 Å². The van der Waals surface area contributed by atoms with Crippen molar-refractivity contribution in [3.8, 4) is 23.0 Å². The van der Waals surface area contributed by atoms with Crippen LogP contribution in [0.2, 0.25) is 0 Å². The fourth-order valence-corrected chi connectivity index (χ4v) is 5.46. The highest BCUT2D eigenvalue weighted by Crippen LogP contribution is 2.37. The van der Waals surface area contributed by atoms with Gasteiger partial charge in [-0.25, -0.2) is 0 Å². The van der Waals surface area contributed by atoms with Crippen LogP contribution in [0.3, 0.4) is 0 Å². The summed E-state index contributed by atoms with van der Waals surface area (Å²) in [6.45, 7) is 5.69. The minimum absolute atomic E-state index is 0.200. The summed E-state index contributed by atoms with van der Waals surface area (Å²) in [6, 6.07) is 10.4. The molecule has 35 heavy (non-hydrogen) atoms. The molecule has 1 fully saturated rings. The molecular formula is C28H38N2O5. The van der Waals surface area contributed by atoms with E-state index in [-0.39, 0.29) is 17.9 Å². The lowest BCUT2D eigenvalue weighted by atomic mass is 9.94. The van der Waals surface area contributed by atoms with Crippen LogP contribution in [0, 0.1) is 0 Å². The first-order chi connectivity index (χ1) is 17.0. The summed E-state index contributed by atoms with van der Waals surface area (Å²) in [5.41, 5.74) is 3.45. The molecule has 2 aromatic rings. The van der Waals surface area contributed by atoms with Gasteiger partial charge in [0.2, 0.25) is 5.91 Å². The van der Waals surface area contributed by atoms with Gasteiger partial charge in [0, 0.05) is 25.7 Å². The Hall–Kier alpha value is -2.93. The molecule has 2 aliphatic rings. The Kier molecular flexibility index (Phi) is 8.06. The number of hydrogen-bond donors (Lipinski definition) is 0. The molecule has 0 saturated carbocycles. The van der Waals surface area contributed by atoms with Gasteiger partial charge in [-0.1, -0.05) is 6.07 Å². The molecule has 0 aromatic heterocycles. The van der Waals surface area contributed by atoms with E-state index in [9.17, 15) is 4.79 Å². The Morgan fingerprint density at radius 1 is 0.886 bits per heavy atom. The second kappa shape index (κ2) is 11.2. The minimum Gasteiger partial charge on any atom is -0.493 e. The van der Waals surface area contributed by atoms with E-state index in [0.29, 0.717) is 5.75 Å². The van der Waals surface area contributed by atoms with E-state index in [0.717, 1.165) is 74.7 Å². The van der Waals surface area contributed by atoms with Gasteiger partial charge in [-0.05, 0) is 80.1 Å². The van der Waals surface area contributed by atoms with Gasteiger partial charge >= 0.3 is 0 Å². The number of methoxy groups -OCH3 is 4. The zero-order valence-corrected chi connectivity index (χ0v) is 21.6. The van der Waals surface area contributed by atoms with Crippen LogP contribution in [-0.4, -0.2) is 76.4 Å². The lowest BCUT2D eigenvalue weighted by Crippen LogP contribution is -2.51. The summed E-state index contributed by atoms with van der Waals surface area (Å²) in [7, 11) is 6.61. The van der Waals surface area contributed by atoms with Crippen LogP contribution in [0.4, 0.5) is 0 Å². The first kappa shape index (κ1) is 25.2. The number of carbonyl (C=O) groups excluding carboxylic acids is 1. The maximum atomic E-state index is 13.6. The molecule has 2 aliphatic heterocycles. The standard InChI is InChI=1S/C28H38N2O5/c1-19-23-17-27(35-5)26(34-4)16-21(23)11-14-30(28(19)31)22-7-6-12-29(18-22)13-10-20-8-9-24(32-2)25(15-20)33-3/h8-9,15-17,19,22H,6-7,10-14,18H2,1-5H3/t19?,22-/m0/s1. The van der Waals surface area contributed by atoms with Gasteiger partial charge in [0.05, 0.1) is 34.4 Å². The van der Waals surface area contributed by atoms with Crippen molar-refractivity contribution in [1.82, 2.24) is 9.80 Å². The molecule has 4 rings (SSSR count). The molecule has 0 bridgehead atoms. The van der Waals surface area contributed by atoms with E-state index in [1.54, 1.807) is 28.4 Å². The average molecular weight is 483 g/mol. The summed E-state index contributed by atoms with van der Waals surface area (Å²) in [6.07, 6.45) is 3.91. The quantitative estimate of drug-likeness (QED) is 0.569. The van der Waals surface area contributed by atoms with Crippen molar-refractivity contribution in [3.63, 3.8) is 0 Å². The lowest BCUT2D eigenvalue weighted by Gasteiger charge is -2.39. The number of piperidine rings is 1. The van der Waals surface area contributed by atoms with Crippen LogP contribution in [0.1, 0.15) is 42.4 Å². The largest absolute Gasteiger partial charge is 0.493 e. The predicted octanol–water partition coefficient (Wildman–Crippen LogP) is 3.92. The average Bonchev–Trinajstić information content (AvgIpc) is 3.02. The van der Waals surface area contributed by atoms with E-state index in [2.05, 4.69) is 21.9 Å². The first-order valence-electron chi connectivity index (χ1n) is 12.5. The number of likely N-dealkylation sites (tertiary alicyclic amines) is 1. The van der Waals surface area contributed by atoms with Crippen LogP contribution in [0.25, 0.3) is 0 Å². The third-order valence-electron chi connectivity index (χ3n) is 7.47. The summed E-state index contributed by atoms with van der Waals surface area (Å²) in [5, 5.41) is 0. The summed E-state index contributed by atoms with van der Waals surface area (Å²) < 4.78 is 21.8. The van der Waals surface area contributed by atoms with Crippen molar-refractivity contribution < 1.29 is 23.7 Å². The third kappa shape index (κ3) is 5.35. The Morgan fingerprint density at radius 2 is 1.57 bits per heavy atom. The van der Waals surface area contributed by atoms with Gasteiger partial charge in [0.25, 0.3) is 0 Å². The van der Waals surface area contributed by atoms with Gasteiger partial charge in [0.1, 0.15) is 0 Å². The molecule has 2 aromatic carbocycles. The molecule has 0 radical (unpaired) electrons. The number of benzene rings is 2. The third-order valence-corrected chi connectivity index (χ3v) is 7.47. The molecule has 1 unspecified atom stereocenters. The number of rotatable bonds is 8. The van der Waals surface area contributed by atoms with Crippen molar-refractivity contribution in [3.05, 3.63) is 47.0 Å². The van der Waals surface area contributed by atoms with Gasteiger partial charge in [-0.15, -0.1) is 0 Å². The molecule has 7 nitrogen and oxygen atoms in total. The highest BCUT2D eigenvalue weighted by molar-refractivity contribution is 5.85. The van der Waals surface area contributed by atoms with Crippen molar-refractivity contribution >= 4 is 5.91 Å². The number of amides is 1. The van der Waals surface area contributed by atoms with Crippen molar-refractivity contribution in [1.29, 1.82) is 0 Å². The van der Waals surface area contributed by atoms with E-state index in [4.69, 9.17) is 18.9 Å². The topological polar surface area (TPSA) is 60.5 Å². The summed E-state index contributed by atoms with van der Waals surface area (Å²) >= 11 is 0. The molecule has 1 amide bonds. The van der Waals surface area contributed by atoms with Crippen LogP contribution in [0.5, 0.6) is 23.0 Å². The molecule has 1 saturated heterocycles. The first-order valence-corrected chi connectivity index (χ1v) is 12.5. The smallest absolute Gasteiger partial charge is 0.230 e. The highest BCUT2D eigenvalue weighted by atomic mass is 16.5. The number of nitrogens with zero attached hydrogens (tertiary/aromatic N) is 2. The molecule has 0 aliphatic carbocycles. The summed E-state index contributed by atoms with van der Waals surface area (Å²) in [4.78, 5) is 18.2. The van der Waals surface area contributed by atoms with E-state index >= 15 is 0 Å². The van der Waals surface area contributed by atoms with Crippen molar-refractivity contribution in [2.75, 3.05) is 54.6 Å². The second-order valence-corrected chi connectivity index (χ2v) is 9.45. The number of ether oxygens (including phenoxy) is 4. The molecule has 7 heteroatoms. The Morgan fingerprint density at radius 3 is 2.29 bits per heavy atom. The van der Waals surface area contributed by atoms with Crippen LogP contribution in [-0.2, 0) is 17.6 Å². The predicted molar refractivity (Wildman–Crippen MR) is 136 cm³/mol. The molecule has 2 heterocycles. The summed E-state index contributed by atoms with van der Waals surface area (Å²) in [5.74, 6) is 2.92. The molecule has 0 N–H and O–H groups in total. The number of fused-ring (bicyclic) bond motifs is 1. The van der Waals surface area contributed by atoms with E-state index in [1.807, 2.05) is 25.1 Å². The maximum Gasteiger partial charge on any atom is 0.230 e. The van der Waals surface area contributed by atoms with E-state index < -0.39 is 0 Å². The van der Waals surface area contributed by atoms with Crippen LogP contribution < -0.4 is 18.9 Å². The molecular weight excluding hydrogens is 444 g/mol. The number of carbonyl (C=O) groups is 1. The van der Waals surface area contributed by atoms with Gasteiger partial charge in [-0.3, -0.25) is 4.79 Å². The van der Waals surface area contributed by atoms with Crippen molar-refractivity contribution in [2.24, 2.45) is 0 Å². The SMILES string of the molecule is COc1ccc(CCN2CCC[C@H](N3CCc4cc(OC)c(OC)cc4C(C)C3=O)C2)cc1OC. The molecule has 190 valence electrons. The molecule has 2 atom stereocenters. The Balaban J connectivity index is 1.43.